The first-order chi connectivity index (χ1) is 11.8. The first-order valence-corrected chi connectivity index (χ1v) is 8.66. The van der Waals surface area contributed by atoms with Crippen molar-refractivity contribution in [2.45, 2.75) is 30.0 Å². The number of carbonyl (C=O) groups is 1. The van der Waals surface area contributed by atoms with E-state index in [2.05, 4.69) is 5.32 Å². The van der Waals surface area contributed by atoms with E-state index in [0.29, 0.717) is 0 Å². The van der Waals surface area contributed by atoms with Crippen LogP contribution in [0.1, 0.15) is 17.9 Å². The fraction of sp³-hybridized carbons (Fsp3) is 0.267. The van der Waals surface area contributed by atoms with Gasteiger partial charge in [-0.2, -0.15) is 13.2 Å². The lowest BCUT2D eigenvalue weighted by Gasteiger charge is -2.28. The summed E-state index contributed by atoms with van der Waals surface area (Å²) in [5.41, 5.74) is -3.63. The molecule has 2 aromatic rings. The highest BCUT2D eigenvalue weighted by atomic mass is 32.2. The smallest absolute Gasteiger partial charge is 0.425 e. The van der Waals surface area contributed by atoms with E-state index in [1.165, 1.54) is 25.1 Å². The molecule has 1 atom stereocenters. The van der Waals surface area contributed by atoms with Gasteiger partial charge in [0.15, 0.2) is 0 Å². The maximum absolute atomic E-state index is 13.3. The molecule has 1 heterocycles. The molecular weight excluding hydrogens is 377 g/mol. The Balaban J connectivity index is 2.26. The van der Waals surface area contributed by atoms with Gasteiger partial charge in [-0.15, -0.1) is 0 Å². The standard InChI is InChI=1S/C15H15F3N2O5S/c1-9-5-6-12(25-9)14(22,15(16,17)18)8-13(21)20-10-3-2-4-11(7-10)26(19,23)24/h2-7,22H,8H2,1H3,(H,20,21)(H2,19,23,24)/t14-/m1/s1. The fourth-order valence-corrected chi connectivity index (χ4v) is 2.73. The number of benzene rings is 1. The van der Waals surface area contributed by atoms with Crippen LogP contribution in [-0.4, -0.2) is 25.6 Å². The van der Waals surface area contributed by atoms with Gasteiger partial charge in [0.2, 0.25) is 21.5 Å². The predicted molar refractivity (Wildman–Crippen MR) is 84.5 cm³/mol. The number of nitrogens with one attached hydrogen (secondary N) is 1. The first-order valence-electron chi connectivity index (χ1n) is 7.12. The van der Waals surface area contributed by atoms with Crippen LogP contribution in [-0.2, 0) is 20.4 Å². The van der Waals surface area contributed by atoms with Crippen molar-refractivity contribution in [2.24, 2.45) is 5.14 Å². The molecule has 7 nitrogen and oxygen atoms in total. The Morgan fingerprint density at radius 2 is 1.92 bits per heavy atom. The van der Waals surface area contributed by atoms with Gasteiger partial charge in [-0.05, 0) is 37.3 Å². The molecule has 0 aliphatic rings. The van der Waals surface area contributed by atoms with Gasteiger partial charge in [0.25, 0.3) is 0 Å². The van der Waals surface area contributed by atoms with Crippen molar-refractivity contribution in [3.8, 4) is 0 Å². The van der Waals surface area contributed by atoms with Gasteiger partial charge in [-0.3, -0.25) is 4.79 Å². The van der Waals surface area contributed by atoms with Gasteiger partial charge >= 0.3 is 6.18 Å². The molecule has 26 heavy (non-hydrogen) atoms. The largest absolute Gasteiger partial charge is 0.463 e. The monoisotopic (exact) mass is 392 g/mol. The lowest BCUT2D eigenvalue weighted by molar-refractivity contribution is -0.272. The zero-order valence-electron chi connectivity index (χ0n) is 13.4. The second-order valence-electron chi connectivity index (χ2n) is 5.57. The summed E-state index contributed by atoms with van der Waals surface area (Å²) in [6, 6.07) is 6.80. The molecule has 0 spiro atoms. The van der Waals surface area contributed by atoms with Crippen molar-refractivity contribution >= 4 is 21.6 Å². The van der Waals surface area contributed by atoms with E-state index in [1.807, 2.05) is 0 Å². The first kappa shape index (κ1) is 19.9. The SMILES string of the molecule is Cc1ccc([C@](O)(CC(=O)Nc2cccc(S(N)(=O)=O)c2)C(F)(F)F)o1. The zero-order chi connectivity index (χ0) is 19.8. The summed E-state index contributed by atoms with van der Waals surface area (Å²) in [5, 5.41) is 17.1. The number of amides is 1. The Morgan fingerprint density at radius 1 is 1.27 bits per heavy atom. The maximum Gasteiger partial charge on any atom is 0.425 e. The minimum atomic E-state index is -5.18. The summed E-state index contributed by atoms with van der Waals surface area (Å²) in [6.45, 7) is 1.39. The number of aryl methyl sites for hydroxylation is 1. The van der Waals surface area contributed by atoms with Crippen molar-refractivity contribution in [2.75, 3.05) is 5.32 Å². The van der Waals surface area contributed by atoms with E-state index >= 15 is 0 Å². The molecule has 4 N–H and O–H groups in total. The number of hydrogen-bond donors (Lipinski definition) is 3. The number of primary sulfonamides is 1. The van der Waals surface area contributed by atoms with Gasteiger partial charge in [0, 0.05) is 5.69 Å². The van der Waals surface area contributed by atoms with Crippen LogP contribution in [0.4, 0.5) is 18.9 Å². The van der Waals surface area contributed by atoms with E-state index in [-0.39, 0.29) is 16.3 Å². The van der Waals surface area contributed by atoms with Crippen LogP contribution in [0.25, 0.3) is 0 Å². The van der Waals surface area contributed by atoms with E-state index in [1.54, 1.807) is 0 Å². The Hall–Kier alpha value is -2.37. The zero-order valence-corrected chi connectivity index (χ0v) is 14.2. The molecule has 0 unspecified atom stereocenters. The summed E-state index contributed by atoms with van der Waals surface area (Å²) in [7, 11) is -4.06. The van der Waals surface area contributed by atoms with Crippen LogP contribution in [0, 0.1) is 6.92 Å². The van der Waals surface area contributed by atoms with E-state index < -0.39 is 39.9 Å². The average Bonchev–Trinajstić information content (AvgIpc) is 2.92. The summed E-state index contributed by atoms with van der Waals surface area (Å²) >= 11 is 0. The fourth-order valence-electron chi connectivity index (χ4n) is 2.17. The van der Waals surface area contributed by atoms with Crippen LogP contribution in [0.3, 0.4) is 0 Å². The van der Waals surface area contributed by atoms with Gasteiger partial charge < -0.3 is 14.8 Å². The number of aliphatic hydroxyl groups is 1. The molecule has 0 aliphatic carbocycles. The molecular formula is C15H15F3N2O5S. The molecule has 0 saturated heterocycles. The lowest BCUT2D eigenvalue weighted by Crippen LogP contribution is -2.44. The number of carbonyl (C=O) groups excluding carboxylic acids is 1. The Bertz CT molecular complexity index is 923. The molecule has 0 radical (unpaired) electrons. The molecule has 2 rings (SSSR count). The normalized spacial score (nSPS) is 14.7. The predicted octanol–water partition coefficient (Wildman–Crippen LogP) is 2.01. The molecule has 11 heteroatoms. The Kier molecular flexibility index (Phi) is 5.17. The third-order valence-corrected chi connectivity index (χ3v) is 4.39. The molecule has 0 fully saturated rings. The highest BCUT2D eigenvalue weighted by molar-refractivity contribution is 7.89. The topological polar surface area (TPSA) is 123 Å². The van der Waals surface area contributed by atoms with E-state index in [0.717, 1.165) is 18.2 Å². The van der Waals surface area contributed by atoms with Crippen molar-refractivity contribution in [3.05, 3.63) is 47.9 Å². The highest BCUT2D eigenvalue weighted by Gasteiger charge is 2.58. The number of halogens is 3. The number of sulfonamides is 1. The summed E-state index contributed by atoms with van der Waals surface area (Å²) in [6.07, 6.45) is -6.57. The van der Waals surface area contributed by atoms with E-state index in [4.69, 9.17) is 9.56 Å². The van der Waals surface area contributed by atoms with Crippen LogP contribution in [0.5, 0.6) is 0 Å². The van der Waals surface area contributed by atoms with Gasteiger partial charge in [0.1, 0.15) is 11.5 Å². The summed E-state index contributed by atoms with van der Waals surface area (Å²) in [5.74, 6) is -1.90. The number of alkyl halides is 3. The van der Waals surface area contributed by atoms with Crippen LogP contribution >= 0.6 is 0 Å². The minimum Gasteiger partial charge on any atom is -0.463 e. The minimum absolute atomic E-state index is 0.0957. The molecule has 0 aliphatic heterocycles. The quantitative estimate of drug-likeness (QED) is 0.718. The Labute approximate surface area is 146 Å². The van der Waals surface area contributed by atoms with Crippen molar-refractivity contribution < 1.29 is 35.9 Å². The summed E-state index contributed by atoms with van der Waals surface area (Å²) in [4.78, 5) is 11.7. The van der Waals surface area contributed by atoms with Gasteiger partial charge in [0.05, 0.1) is 11.3 Å². The van der Waals surface area contributed by atoms with Crippen molar-refractivity contribution in [1.82, 2.24) is 0 Å². The van der Waals surface area contributed by atoms with Crippen molar-refractivity contribution in [3.63, 3.8) is 0 Å². The second kappa shape index (κ2) is 6.74. The highest BCUT2D eigenvalue weighted by Crippen LogP contribution is 2.42. The lowest BCUT2D eigenvalue weighted by atomic mass is 9.95. The number of anilines is 1. The van der Waals surface area contributed by atoms with Crippen LogP contribution in [0.2, 0.25) is 0 Å². The number of rotatable bonds is 5. The second-order valence-corrected chi connectivity index (χ2v) is 7.13. The molecule has 142 valence electrons. The maximum atomic E-state index is 13.3. The molecule has 1 aromatic heterocycles. The summed E-state index contributed by atoms with van der Waals surface area (Å²) < 4.78 is 67.4. The van der Waals surface area contributed by atoms with E-state index in [9.17, 15) is 31.5 Å². The third-order valence-electron chi connectivity index (χ3n) is 3.48. The molecule has 1 amide bonds. The average molecular weight is 392 g/mol. The number of nitrogens with two attached hydrogens (primary N) is 1. The van der Waals surface area contributed by atoms with Crippen LogP contribution < -0.4 is 10.5 Å². The Morgan fingerprint density at radius 3 is 2.42 bits per heavy atom. The van der Waals surface area contributed by atoms with Crippen molar-refractivity contribution in [1.29, 1.82) is 0 Å². The van der Waals surface area contributed by atoms with Crippen LogP contribution in [0.15, 0.2) is 45.7 Å². The molecule has 0 saturated carbocycles. The number of furan rings is 1. The van der Waals surface area contributed by atoms with Gasteiger partial charge in [-0.1, -0.05) is 6.07 Å². The number of hydrogen-bond acceptors (Lipinski definition) is 5. The molecule has 1 aromatic carbocycles. The molecule has 0 bridgehead atoms. The third kappa shape index (κ3) is 4.23. The van der Waals surface area contributed by atoms with Gasteiger partial charge in [-0.25, -0.2) is 13.6 Å².